The van der Waals surface area contributed by atoms with E-state index in [9.17, 15) is 4.39 Å². The second-order valence-corrected chi connectivity index (χ2v) is 4.02. The largest absolute Gasteiger partial charge is 0.393 e. The zero-order valence-corrected chi connectivity index (χ0v) is 9.51. The molecular formula is C10H13BrFNO. The second-order valence-electron chi connectivity index (χ2n) is 3.16. The van der Waals surface area contributed by atoms with Gasteiger partial charge < -0.3 is 10.4 Å². The van der Waals surface area contributed by atoms with Crippen molar-refractivity contribution in [1.82, 2.24) is 0 Å². The lowest BCUT2D eigenvalue weighted by molar-refractivity contribution is 0.188. The highest BCUT2D eigenvalue weighted by atomic mass is 79.9. The van der Waals surface area contributed by atoms with Gasteiger partial charge in [0.15, 0.2) is 0 Å². The van der Waals surface area contributed by atoms with Crippen LogP contribution in [0.3, 0.4) is 0 Å². The number of hydrogen-bond donors (Lipinski definition) is 2. The number of benzene rings is 1. The minimum Gasteiger partial charge on any atom is -0.393 e. The summed E-state index contributed by atoms with van der Waals surface area (Å²) in [5.74, 6) is -0.287. The minimum atomic E-state index is -0.368. The first kappa shape index (κ1) is 11.5. The molecule has 0 amide bonds. The van der Waals surface area contributed by atoms with E-state index >= 15 is 0 Å². The molecule has 0 radical (unpaired) electrons. The first-order valence-electron chi connectivity index (χ1n) is 4.47. The van der Waals surface area contributed by atoms with Crippen LogP contribution in [0.5, 0.6) is 0 Å². The number of para-hydroxylation sites is 1. The highest BCUT2D eigenvalue weighted by Crippen LogP contribution is 2.24. The Balaban J connectivity index is 2.58. The van der Waals surface area contributed by atoms with Gasteiger partial charge in [0.1, 0.15) is 5.82 Å². The maximum Gasteiger partial charge on any atom is 0.147 e. The number of aliphatic hydroxyl groups excluding tert-OH is 1. The Kier molecular flexibility index (Phi) is 4.35. The average Bonchev–Trinajstić information content (AvgIpc) is 2.09. The van der Waals surface area contributed by atoms with Crippen molar-refractivity contribution >= 4 is 21.6 Å². The van der Waals surface area contributed by atoms with Crippen LogP contribution in [0.15, 0.2) is 22.7 Å². The molecule has 0 heterocycles. The molecular weight excluding hydrogens is 249 g/mol. The van der Waals surface area contributed by atoms with Crippen molar-refractivity contribution in [2.45, 2.75) is 19.4 Å². The van der Waals surface area contributed by atoms with Crippen LogP contribution in [0.2, 0.25) is 0 Å². The van der Waals surface area contributed by atoms with Gasteiger partial charge >= 0.3 is 0 Å². The van der Waals surface area contributed by atoms with Crippen LogP contribution < -0.4 is 5.32 Å². The van der Waals surface area contributed by atoms with E-state index in [4.69, 9.17) is 5.11 Å². The Morgan fingerprint density at radius 3 is 2.86 bits per heavy atom. The monoisotopic (exact) mass is 261 g/mol. The quantitative estimate of drug-likeness (QED) is 0.874. The average molecular weight is 262 g/mol. The Labute approximate surface area is 91.3 Å². The Bertz CT molecular complexity index is 284. The van der Waals surface area contributed by atoms with Crippen LogP contribution in [0.1, 0.15) is 13.3 Å². The molecule has 0 aliphatic carbocycles. The van der Waals surface area contributed by atoms with Crippen LogP contribution in [-0.4, -0.2) is 17.8 Å². The topological polar surface area (TPSA) is 32.3 Å². The molecule has 1 atom stereocenters. The first-order chi connectivity index (χ1) is 6.61. The van der Waals surface area contributed by atoms with E-state index in [1.807, 2.05) is 0 Å². The molecule has 0 aromatic heterocycles. The number of halogens is 2. The Morgan fingerprint density at radius 2 is 2.29 bits per heavy atom. The molecule has 1 aromatic rings. The van der Waals surface area contributed by atoms with Gasteiger partial charge in [-0.2, -0.15) is 0 Å². The summed E-state index contributed by atoms with van der Waals surface area (Å²) in [5, 5.41) is 12.0. The van der Waals surface area contributed by atoms with Crippen LogP contribution >= 0.6 is 15.9 Å². The fourth-order valence-corrected chi connectivity index (χ4v) is 1.55. The van der Waals surface area contributed by atoms with Gasteiger partial charge in [-0.05, 0) is 41.4 Å². The van der Waals surface area contributed by atoms with E-state index in [0.29, 0.717) is 23.1 Å². The lowest BCUT2D eigenvalue weighted by Gasteiger charge is -2.10. The molecule has 0 spiro atoms. The molecule has 0 bridgehead atoms. The summed E-state index contributed by atoms with van der Waals surface area (Å²) in [4.78, 5) is 0. The SMILES string of the molecule is CC(O)CCNc1c(F)cccc1Br. The van der Waals surface area contributed by atoms with Gasteiger partial charge in [-0.25, -0.2) is 4.39 Å². The predicted octanol–water partition coefficient (Wildman–Crippen LogP) is 2.77. The third-order valence-electron chi connectivity index (χ3n) is 1.83. The third kappa shape index (κ3) is 3.27. The van der Waals surface area contributed by atoms with Gasteiger partial charge in [-0.1, -0.05) is 6.07 Å². The summed E-state index contributed by atoms with van der Waals surface area (Å²) >= 11 is 3.25. The molecule has 1 aromatic carbocycles. The van der Waals surface area contributed by atoms with E-state index in [2.05, 4.69) is 21.2 Å². The van der Waals surface area contributed by atoms with Crippen molar-refractivity contribution < 1.29 is 9.50 Å². The predicted molar refractivity (Wildman–Crippen MR) is 58.9 cm³/mol. The summed E-state index contributed by atoms with van der Waals surface area (Å²) in [6, 6.07) is 4.81. The van der Waals surface area contributed by atoms with E-state index in [1.54, 1.807) is 19.1 Å². The van der Waals surface area contributed by atoms with Crippen molar-refractivity contribution in [3.8, 4) is 0 Å². The maximum absolute atomic E-state index is 13.2. The van der Waals surface area contributed by atoms with E-state index in [-0.39, 0.29) is 11.9 Å². The summed E-state index contributed by atoms with van der Waals surface area (Å²) in [7, 11) is 0. The number of aliphatic hydroxyl groups is 1. The van der Waals surface area contributed by atoms with Crippen LogP contribution in [-0.2, 0) is 0 Å². The summed E-state index contributed by atoms with van der Waals surface area (Å²) < 4.78 is 13.9. The lowest BCUT2D eigenvalue weighted by Crippen LogP contribution is -2.10. The Hall–Kier alpha value is -0.610. The molecule has 0 saturated carbocycles. The molecule has 2 N–H and O–H groups in total. The third-order valence-corrected chi connectivity index (χ3v) is 2.49. The van der Waals surface area contributed by atoms with Crippen LogP contribution in [0, 0.1) is 5.82 Å². The fourth-order valence-electron chi connectivity index (χ4n) is 1.07. The van der Waals surface area contributed by atoms with Crippen molar-refractivity contribution in [2.75, 3.05) is 11.9 Å². The van der Waals surface area contributed by atoms with Gasteiger partial charge in [-0.3, -0.25) is 0 Å². The van der Waals surface area contributed by atoms with Crippen molar-refractivity contribution in [3.05, 3.63) is 28.5 Å². The lowest BCUT2D eigenvalue weighted by atomic mass is 10.2. The molecule has 0 saturated heterocycles. The first-order valence-corrected chi connectivity index (χ1v) is 5.26. The maximum atomic E-state index is 13.2. The standard InChI is InChI=1S/C10H13BrFNO/c1-7(14)5-6-13-10-8(11)3-2-4-9(10)12/h2-4,7,13-14H,5-6H2,1H3. The van der Waals surface area contributed by atoms with Crippen LogP contribution in [0.4, 0.5) is 10.1 Å². The van der Waals surface area contributed by atoms with Crippen molar-refractivity contribution in [3.63, 3.8) is 0 Å². The van der Waals surface area contributed by atoms with E-state index < -0.39 is 0 Å². The van der Waals surface area contributed by atoms with Gasteiger partial charge in [0, 0.05) is 11.0 Å². The Morgan fingerprint density at radius 1 is 1.57 bits per heavy atom. The molecule has 4 heteroatoms. The molecule has 0 aliphatic heterocycles. The van der Waals surface area contributed by atoms with Gasteiger partial charge in [-0.15, -0.1) is 0 Å². The number of hydrogen-bond acceptors (Lipinski definition) is 2. The highest BCUT2D eigenvalue weighted by molar-refractivity contribution is 9.10. The van der Waals surface area contributed by atoms with E-state index in [1.165, 1.54) is 6.07 Å². The molecule has 78 valence electrons. The summed E-state index contributed by atoms with van der Waals surface area (Å²) in [6.45, 7) is 2.26. The zero-order chi connectivity index (χ0) is 10.6. The van der Waals surface area contributed by atoms with Gasteiger partial charge in [0.2, 0.25) is 0 Å². The summed E-state index contributed by atoms with van der Waals surface area (Å²) in [6.07, 6.45) is 0.230. The fraction of sp³-hybridized carbons (Fsp3) is 0.400. The number of nitrogens with one attached hydrogen (secondary N) is 1. The summed E-state index contributed by atoms with van der Waals surface area (Å²) in [5.41, 5.74) is 0.452. The van der Waals surface area contributed by atoms with Crippen molar-refractivity contribution in [1.29, 1.82) is 0 Å². The molecule has 14 heavy (non-hydrogen) atoms. The van der Waals surface area contributed by atoms with Crippen LogP contribution in [0.25, 0.3) is 0 Å². The molecule has 0 fully saturated rings. The smallest absolute Gasteiger partial charge is 0.147 e. The minimum absolute atomic E-state index is 0.287. The molecule has 2 nitrogen and oxygen atoms in total. The van der Waals surface area contributed by atoms with E-state index in [0.717, 1.165) is 0 Å². The normalized spacial score (nSPS) is 12.6. The number of rotatable bonds is 4. The molecule has 0 aliphatic rings. The second kappa shape index (κ2) is 5.32. The van der Waals surface area contributed by atoms with Crippen molar-refractivity contribution in [2.24, 2.45) is 0 Å². The molecule has 1 unspecified atom stereocenters. The highest BCUT2D eigenvalue weighted by Gasteiger charge is 2.05. The molecule has 1 rings (SSSR count). The van der Waals surface area contributed by atoms with Gasteiger partial charge in [0.05, 0.1) is 11.8 Å². The van der Waals surface area contributed by atoms with Gasteiger partial charge in [0.25, 0.3) is 0 Å². The number of anilines is 1. The zero-order valence-electron chi connectivity index (χ0n) is 7.93.